The van der Waals surface area contributed by atoms with Crippen LogP contribution < -0.4 is 0 Å². The van der Waals surface area contributed by atoms with E-state index in [1.165, 1.54) is 6.33 Å². The number of hydrogen-bond acceptors (Lipinski definition) is 5. The lowest BCUT2D eigenvalue weighted by molar-refractivity contribution is 0.0689. The van der Waals surface area contributed by atoms with E-state index in [2.05, 4.69) is 20.4 Å². The van der Waals surface area contributed by atoms with E-state index in [4.69, 9.17) is 0 Å². The van der Waals surface area contributed by atoms with E-state index in [0.29, 0.717) is 24.6 Å². The highest BCUT2D eigenvalue weighted by molar-refractivity contribution is 5.86. The van der Waals surface area contributed by atoms with Crippen molar-refractivity contribution < 1.29 is 9.90 Å². The van der Waals surface area contributed by atoms with Crippen LogP contribution in [-0.4, -0.2) is 40.8 Å². The first-order valence-corrected chi connectivity index (χ1v) is 6.94. The van der Waals surface area contributed by atoms with Crippen molar-refractivity contribution in [1.82, 2.24) is 29.8 Å². The van der Waals surface area contributed by atoms with E-state index in [1.807, 2.05) is 27.7 Å². The Morgan fingerprint density at radius 1 is 1.33 bits per heavy atom. The molecule has 114 valence electrons. The Labute approximate surface area is 122 Å². The first-order chi connectivity index (χ1) is 9.90. The second-order valence-electron chi connectivity index (χ2n) is 5.66. The molecule has 0 radical (unpaired) electrons. The standard InChI is InChI=1S/C13H20N6O2/c1-8(2)5-10-12(13(20)21)16-17-18(10)6-11-14-7-15-19(11)9(3)4/h7-9H,5-6H2,1-4H3,(H,20,21). The molecule has 21 heavy (non-hydrogen) atoms. The van der Waals surface area contributed by atoms with Crippen LogP contribution in [0.4, 0.5) is 0 Å². The van der Waals surface area contributed by atoms with Crippen LogP contribution in [0.2, 0.25) is 0 Å². The maximum absolute atomic E-state index is 11.2. The zero-order chi connectivity index (χ0) is 15.6. The fraction of sp³-hybridized carbons (Fsp3) is 0.615. The lowest BCUT2D eigenvalue weighted by atomic mass is 10.1. The fourth-order valence-electron chi connectivity index (χ4n) is 2.17. The Morgan fingerprint density at radius 3 is 2.62 bits per heavy atom. The largest absolute Gasteiger partial charge is 0.476 e. The Bertz CT molecular complexity index is 628. The third-order valence-electron chi connectivity index (χ3n) is 3.07. The molecule has 2 aromatic heterocycles. The molecule has 0 atom stereocenters. The quantitative estimate of drug-likeness (QED) is 0.864. The molecule has 0 fully saturated rings. The predicted molar refractivity (Wildman–Crippen MR) is 75.0 cm³/mol. The molecule has 0 aliphatic rings. The third kappa shape index (κ3) is 3.26. The molecule has 0 aliphatic heterocycles. The van der Waals surface area contributed by atoms with E-state index in [1.54, 1.807) is 9.36 Å². The minimum atomic E-state index is -1.05. The van der Waals surface area contributed by atoms with Gasteiger partial charge in [0.2, 0.25) is 0 Å². The topological polar surface area (TPSA) is 98.7 Å². The second kappa shape index (κ2) is 6.02. The molecular formula is C13H20N6O2. The van der Waals surface area contributed by atoms with Crippen LogP contribution in [0.25, 0.3) is 0 Å². The van der Waals surface area contributed by atoms with Gasteiger partial charge in [0.25, 0.3) is 0 Å². The van der Waals surface area contributed by atoms with Crippen molar-refractivity contribution in [3.63, 3.8) is 0 Å². The van der Waals surface area contributed by atoms with Gasteiger partial charge in [-0.3, -0.25) is 0 Å². The third-order valence-corrected chi connectivity index (χ3v) is 3.07. The van der Waals surface area contributed by atoms with Gasteiger partial charge in [-0.25, -0.2) is 19.1 Å². The average molecular weight is 292 g/mol. The van der Waals surface area contributed by atoms with Crippen molar-refractivity contribution in [3.8, 4) is 0 Å². The van der Waals surface area contributed by atoms with Gasteiger partial charge < -0.3 is 5.11 Å². The van der Waals surface area contributed by atoms with Crippen molar-refractivity contribution in [1.29, 1.82) is 0 Å². The van der Waals surface area contributed by atoms with Gasteiger partial charge in [0, 0.05) is 6.04 Å². The van der Waals surface area contributed by atoms with Crippen LogP contribution in [0.1, 0.15) is 55.7 Å². The van der Waals surface area contributed by atoms with Crippen LogP contribution in [0.3, 0.4) is 0 Å². The molecule has 0 amide bonds. The predicted octanol–water partition coefficient (Wildman–Crippen LogP) is 1.40. The minimum Gasteiger partial charge on any atom is -0.476 e. The van der Waals surface area contributed by atoms with Gasteiger partial charge in [0.15, 0.2) is 5.69 Å². The van der Waals surface area contributed by atoms with E-state index in [0.717, 1.165) is 5.82 Å². The number of nitrogens with zero attached hydrogens (tertiary/aromatic N) is 6. The highest BCUT2D eigenvalue weighted by atomic mass is 16.4. The first kappa shape index (κ1) is 15.1. The molecule has 0 aromatic carbocycles. The van der Waals surface area contributed by atoms with E-state index >= 15 is 0 Å². The van der Waals surface area contributed by atoms with Crippen LogP contribution in [-0.2, 0) is 13.0 Å². The zero-order valence-electron chi connectivity index (χ0n) is 12.7. The maximum atomic E-state index is 11.2. The Morgan fingerprint density at radius 2 is 2.05 bits per heavy atom. The second-order valence-corrected chi connectivity index (χ2v) is 5.66. The molecule has 1 N–H and O–H groups in total. The summed E-state index contributed by atoms with van der Waals surface area (Å²) in [4.78, 5) is 15.5. The summed E-state index contributed by atoms with van der Waals surface area (Å²) in [6.45, 7) is 8.44. The summed E-state index contributed by atoms with van der Waals surface area (Å²) in [5, 5.41) is 21.1. The monoisotopic (exact) mass is 292 g/mol. The van der Waals surface area contributed by atoms with E-state index < -0.39 is 5.97 Å². The van der Waals surface area contributed by atoms with Crippen molar-refractivity contribution in [2.45, 2.75) is 46.7 Å². The number of carbonyl (C=O) groups is 1. The van der Waals surface area contributed by atoms with Gasteiger partial charge in [0.05, 0.1) is 5.69 Å². The number of carboxylic acids is 1. The van der Waals surface area contributed by atoms with Crippen LogP contribution in [0, 0.1) is 5.92 Å². The molecule has 0 aliphatic carbocycles. The number of hydrogen-bond donors (Lipinski definition) is 1. The van der Waals surface area contributed by atoms with Gasteiger partial charge in [-0.05, 0) is 26.2 Å². The number of rotatable bonds is 6. The lowest BCUT2D eigenvalue weighted by Crippen LogP contribution is -2.16. The van der Waals surface area contributed by atoms with Crippen LogP contribution >= 0.6 is 0 Å². The SMILES string of the molecule is CC(C)Cc1c(C(=O)O)nnn1Cc1ncnn1C(C)C. The Balaban J connectivity index is 2.35. The normalized spacial score (nSPS) is 11.5. The maximum Gasteiger partial charge on any atom is 0.358 e. The molecule has 0 spiro atoms. The van der Waals surface area contributed by atoms with Gasteiger partial charge in [-0.15, -0.1) is 5.10 Å². The van der Waals surface area contributed by atoms with Crippen molar-refractivity contribution in [2.75, 3.05) is 0 Å². The molecule has 8 heteroatoms. The summed E-state index contributed by atoms with van der Waals surface area (Å²) in [5.41, 5.74) is 0.634. The highest BCUT2D eigenvalue weighted by Crippen LogP contribution is 2.14. The molecule has 2 heterocycles. The molecule has 0 bridgehead atoms. The number of aromatic carboxylic acids is 1. The summed E-state index contributed by atoms with van der Waals surface area (Å²) in [6.07, 6.45) is 2.09. The van der Waals surface area contributed by atoms with Gasteiger partial charge in [-0.1, -0.05) is 19.1 Å². The molecular weight excluding hydrogens is 272 g/mol. The van der Waals surface area contributed by atoms with Crippen molar-refractivity contribution in [3.05, 3.63) is 23.5 Å². The molecule has 8 nitrogen and oxygen atoms in total. The number of aromatic nitrogens is 6. The molecule has 2 aromatic rings. The molecule has 2 rings (SSSR count). The van der Waals surface area contributed by atoms with Crippen molar-refractivity contribution in [2.24, 2.45) is 5.92 Å². The van der Waals surface area contributed by atoms with Gasteiger partial charge >= 0.3 is 5.97 Å². The summed E-state index contributed by atoms with van der Waals surface area (Å²) in [7, 11) is 0. The smallest absolute Gasteiger partial charge is 0.358 e. The Hall–Kier alpha value is -2.25. The molecule has 0 saturated heterocycles. The summed E-state index contributed by atoms with van der Waals surface area (Å²) in [6, 6.07) is 0.179. The zero-order valence-corrected chi connectivity index (χ0v) is 12.7. The molecule has 0 saturated carbocycles. The number of carboxylic acid groups (broad SMARTS) is 1. The van der Waals surface area contributed by atoms with Crippen LogP contribution in [0.5, 0.6) is 0 Å². The van der Waals surface area contributed by atoms with Gasteiger partial charge in [0.1, 0.15) is 18.7 Å². The summed E-state index contributed by atoms with van der Waals surface area (Å²) in [5.74, 6) is -0.0117. The van der Waals surface area contributed by atoms with Gasteiger partial charge in [-0.2, -0.15) is 5.10 Å². The Kier molecular flexibility index (Phi) is 4.35. The minimum absolute atomic E-state index is 0.0133. The van der Waals surface area contributed by atoms with E-state index in [9.17, 15) is 9.90 Å². The fourth-order valence-corrected chi connectivity index (χ4v) is 2.17. The summed E-state index contributed by atoms with van der Waals surface area (Å²) >= 11 is 0. The summed E-state index contributed by atoms with van der Waals surface area (Å²) < 4.78 is 3.40. The highest BCUT2D eigenvalue weighted by Gasteiger charge is 2.21. The van der Waals surface area contributed by atoms with Crippen LogP contribution in [0.15, 0.2) is 6.33 Å². The van der Waals surface area contributed by atoms with Crippen molar-refractivity contribution >= 4 is 5.97 Å². The first-order valence-electron chi connectivity index (χ1n) is 6.94. The molecule has 0 unspecified atom stereocenters. The average Bonchev–Trinajstić information content (AvgIpc) is 2.97. The van der Waals surface area contributed by atoms with E-state index in [-0.39, 0.29) is 11.7 Å². The lowest BCUT2D eigenvalue weighted by Gasteiger charge is -2.11.